The van der Waals surface area contributed by atoms with Crippen LogP contribution in [0.2, 0.25) is 0 Å². The van der Waals surface area contributed by atoms with Crippen molar-refractivity contribution in [1.82, 2.24) is 5.32 Å². The molecule has 2 aromatic carbocycles. The number of nitrogens with one attached hydrogen (secondary N) is 1. The molecule has 214 valence electrons. The fourth-order valence-corrected chi connectivity index (χ4v) is 4.27. The van der Waals surface area contributed by atoms with Crippen molar-refractivity contribution < 1.29 is 38.4 Å². The zero-order valence-electron chi connectivity index (χ0n) is 22.4. The number of carbonyl (C=O) groups is 1. The Hall–Kier alpha value is -2.50. The van der Waals surface area contributed by atoms with Gasteiger partial charge in [0.25, 0.3) is 5.97 Å². The zero-order chi connectivity index (χ0) is 28.4. The highest BCUT2D eigenvalue weighted by Crippen LogP contribution is 2.22. The number of hydrogen-bond donors (Lipinski definition) is 5. The molecule has 0 bridgehead atoms. The first-order valence-electron chi connectivity index (χ1n) is 12.9. The SMILES string of the molecule is CC(=O)O.CS(=O)(=O)c1ccc(CCCCOCCCCCCNC[C@H](O)c2ccc(O)c(CO)c2)cc1. The van der Waals surface area contributed by atoms with Crippen molar-refractivity contribution >= 4 is 15.8 Å². The van der Waals surface area contributed by atoms with Crippen LogP contribution >= 0.6 is 0 Å². The number of aromatic hydroxyl groups is 1. The topological polar surface area (TPSA) is 153 Å². The highest BCUT2D eigenvalue weighted by molar-refractivity contribution is 7.90. The van der Waals surface area contributed by atoms with Crippen LogP contribution in [0.4, 0.5) is 0 Å². The predicted molar refractivity (Wildman–Crippen MR) is 147 cm³/mol. The zero-order valence-corrected chi connectivity index (χ0v) is 23.3. The number of hydrogen-bond acceptors (Lipinski definition) is 8. The number of aliphatic hydroxyl groups is 2. The lowest BCUT2D eigenvalue weighted by atomic mass is 10.1. The van der Waals surface area contributed by atoms with Crippen molar-refractivity contribution in [1.29, 1.82) is 0 Å². The number of benzene rings is 2. The highest BCUT2D eigenvalue weighted by atomic mass is 32.2. The van der Waals surface area contributed by atoms with Gasteiger partial charge in [-0.15, -0.1) is 0 Å². The quantitative estimate of drug-likeness (QED) is 0.185. The van der Waals surface area contributed by atoms with E-state index in [1.54, 1.807) is 24.3 Å². The van der Waals surface area contributed by atoms with Crippen LogP contribution in [-0.4, -0.2) is 67.4 Å². The molecule has 0 spiro atoms. The third-order valence-corrected chi connectivity index (χ3v) is 6.87. The van der Waals surface area contributed by atoms with Crippen LogP contribution in [0.3, 0.4) is 0 Å². The number of carboxylic acids is 1. The summed E-state index contributed by atoms with van der Waals surface area (Å²) in [5, 5.41) is 39.7. The van der Waals surface area contributed by atoms with Gasteiger partial charge in [-0.25, -0.2) is 8.42 Å². The average Bonchev–Trinajstić information content (AvgIpc) is 2.86. The standard InChI is InChI=1S/C26H39NO6S.C2H4O2/c1-34(31,32)24-12-9-21(10-13-24)8-4-7-17-33-16-6-3-2-5-15-27-19-26(30)22-11-14-25(29)23(18-22)20-28;1-2(3)4/h9-14,18,26-30H,2-8,15-17,19-20H2,1H3;1H3,(H,3,4)/t26-;/m0./s1. The number of rotatable bonds is 17. The maximum absolute atomic E-state index is 11.5. The van der Waals surface area contributed by atoms with Gasteiger partial charge in [-0.2, -0.15) is 0 Å². The summed E-state index contributed by atoms with van der Waals surface area (Å²) in [5.74, 6) is -0.797. The summed E-state index contributed by atoms with van der Waals surface area (Å²) in [5.41, 5.74) is 2.24. The molecule has 0 aliphatic carbocycles. The number of carboxylic acid groups (broad SMARTS) is 1. The van der Waals surface area contributed by atoms with E-state index in [0.29, 0.717) is 22.6 Å². The minimum atomic E-state index is -3.13. The van der Waals surface area contributed by atoms with Gasteiger partial charge in [0.15, 0.2) is 9.84 Å². The third-order valence-electron chi connectivity index (χ3n) is 5.74. The summed E-state index contributed by atoms with van der Waals surface area (Å²) in [6, 6.07) is 11.9. The van der Waals surface area contributed by atoms with Gasteiger partial charge in [0.2, 0.25) is 0 Å². The summed E-state index contributed by atoms with van der Waals surface area (Å²) in [4.78, 5) is 9.36. The number of phenols is 1. The molecule has 1 atom stereocenters. The third kappa shape index (κ3) is 15.0. The van der Waals surface area contributed by atoms with Gasteiger partial charge in [0, 0.05) is 38.5 Å². The van der Waals surface area contributed by atoms with E-state index in [2.05, 4.69) is 5.32 Å². The van der Waals surface area contributed by atoms with Crippen molar-refractivity contribution in [2.75, 3.05) is 32.6 Å². The Morgan fingerprint density at radius 1 is 0.974 bits per heavy atom. The van der Waals surface area contributed by atoms with Gasteiger partial charge in [0.05, 0.1) is 17.6 Å². The Bertz CT molecular complexity index is 1040. The highest BCUT2D eigenvalue weighted by Gasteiger charge is 2.10. The Balaban J connectivity index is 0.00000168. The molecule has 0 aliphatic rings. The molecule has 0 aliphatic heterocycles. The minimum absolute atomic E-state index is 0.0363. The first-order chi connectivity index (χ1) is 18.0. The minimum Gasteiger partial charge on any atom is -0.508 e. The van der Waals surface area contributed by atoms with E-state index >= 15 is 0 Å². The lowest BCUT2D eigenvalue weighted by Crippen LogP contribution is -2.22. The molecule has 9 nitrogen and oxygen atoms in total. The number of sulfone groups is 1. The molecule has 0 saturated carbocycles. The Morgan fingerprint density at radius 2 is 1.58 bits per heavy atom. The Labute approximate surface area is 226 Å². The fraction of sp³-hybridized carbons (Fsp3) is 0.536. The maximum atomic E-state index is 11.5. The van der Waals surface area contributed by atoms with Crippen molar-refractivity contribution in [2.24, 2.45) is 0 Å². The second-order valence-corrected chi connectivity index (χ2v) is 11.2. The van der Waals surface area contributed by atoms with E-state index in [9.17, 15) is 23.7 Å². The first-order valence-corrected chi connectivity index (χ1v) is 14.8. The lowest BCUT2D eigenvalue weighted by molar-refractivity contribution is -0.134. The van der Waals surface area contributed by atoms with Crippen LogP contribution in [0.25, 0.3) is 0 Å². The molecule has 0 unspecified atom stereocenters. The molecule has 38 heavy (non-hydrogen) atoms. The lowest BCUT2D eigenvalue weighted by Gasteiger charge is -2.14. The van der Waals surface area contributed by atoms with E-state index < -0.39 is 21.9 Å². The van der Waals surface area contributed by atoms with Crippen molar-refractivity contribution in [2.45, 2.75) is 69.5 Å². The normalized spacial score (nSPS) is 12.0. The molecule has 0 radical (unpaired) electrons. The smallest absolute Gasteiger partial charge is 0.300 e. The van der Waals surface area contributed by atoms with Gasteiger partial charge >= 0.3 is 0 Å². The Morgan fingerprint density at radius 3 is 2.18 bits per heavy atom. The summed E-state index contributed by atoms with van der Waals surface area (Å²) in [6.07, 6.45) is 7.74. The second-order valence-electron chi connectivity index (χ2n) is 9.19. The monoisotopic (exact) mass is 553 g/mol. The van der Waals surface area contributed by atoms with Crippen molar-refractivity contribution in [3.8, 4) is 5.75 Å². The van der Waals surface area contributed by atoms with Gasteiger partial charge < -0.3 is 30.5 Å². The molecule has 2 rings (SSSR count). The molecule has 0 fully saturated rings. The van der Waals surface area contributed by atoms with Gasteiger partial charge in [-0.05, 0) is 74.0 Å². The van der Waals surface area contributed by atoms with Crippen molar-refractivity contribution in [3.63, 3.8) is 0 Å². The number of unbranched alkanes of at least 4 members (excludes halogenated alkanes) is 4. The average molecular weight is 554 g/mol. The largest absolute Gasteiger partial charge is 0.508 e. The van der Waals surface area contributed by atoms with Gasteiger partial charge in [0.1, 0.15) is 5.75 Å². The van der Waals surface area contributed by atoms with E-state index in [1.807, 2.05) is 12.1 Å². The molecule has 0 amide bonds. The summed E-state index contributed by atoms with van der Waals surface area (Å²) in [6.45, 7) is 3.60. The second kappa shape index (κ2) is 18.7. The van der Waals surface area contributed by atoms with Crippen LogP contribution in [0.1, 0.15) is 68.2 Å². The number of ether oxygens (including phenoxy) is 1. The molecular formula is C28H43NO8S. The van der Waals surface area contributed by atoms with E-state index in [-0.39, 0.29) is 12.4 Å². The molecule has 2 aromatic rings. The molecule has 5 N–H and O–H groups in total. The number of aliphatic hydroxyl groups excluding tert-OH is 2. The summed E-state index contributed by atoms with van der Waals surface area (Å²) < 4.78 is 28.7. The molecule has 0 saturated heterocycles. The molecule has 0 heterocycles. The molecule has 0 aromatic heterocycles. The van der Waals surface area contributed by atoms with Crippen LogP contribution in [-0.2, 0) is 32.4 Å². The van der Waals surface area contributed by atoms with Crippen LogP contribution in [0.15, 0.2) is 47.4 Å². The summed E-state index contributed by atoms with van der Waals surface area (Å²) >= 11 is 0. The summed E-state index contributed by atoms with van der Waals surface area (Å²) in [7, 11) is -3.13. The number of aryl methyl sites for hydroxylation is 1. The first kappa shape index (κ1) is 33.5. The molecular weight excluding hydrogens is 510 g/mol. The molecule has 10 heteroatoms. The number of aliphatic carboxylic acids is 1. The van der Waals surface area contributed by atoms with Crippen LogP contribution in [0, 0.1) is 0 Å². The van der Waals surface area contributed by atoms with Crippen LogP contribution < -0.4 is 5.32 Å². The maximum Gasteiger partial charge on any atom is 0.300 e. The van der Waals surface area contributed by atoms with E-state index in [0.717, 1.165) is 77.2 Å². The van der Waals surface area contributed by atoms with Gasteiger partial charge in [-0.1, -0.05) is 31.0 Å². The van der Waals surface area contributed by atoms with E-state index in [4.69, 9.17) is 14.6 Å². The Kier molecular flexibility index (Phi) is 16.5. The predicted octanol–water partition coefficient (Wildman–Crippen LogP) is 3.60. The van der Waals surface area contributed by atoms with Crippen LogP contribution in [0.5, 0.6) is 5.75 Å². The van der Waals surface area contributed by atoms with E-state index in [1.165, 1.54) is 12.3 Å². The fourth-order valence-electron chi connectivity index (χ4n) is 3.64. The van der Waals surface area contributed by atoms with Gasteiger partial charge in [-0.3, -0.25) is 4.79 Å². The van der Waals surface area contributed by atoms with Crippen molar-refractivity contribution in [3.05, 3.63) is 59.2 Å².